The van der Waals surface area contributed by atoms with Gasteiger partial charge in [0, 0.05) is 18.6 Å². The smallest absolute Gasteiger partial charge is 0.357 e. The van der Waals surface area contributed by atoms with Crippen molar-refractivity contribution < 1.29 is 19.1 Å². The molecule has 0 aliphatic carbocycles. The lowest BCUT2D eigenvalue weighted by molar-refractivity contribution is -0.123. The van der Waals surface area contributed by atoms with Crippen LogP contribution < -0.4 is 5.32 Å². The maximum absolute atomic E-state index is 12.0. The fourth-order valence-corrected chi connectivity index (χ4v) is 2.31. The van der Waals surface area contributed by atoms with Crippen LogP contribution in [0, 0.1) is 0 Å². The number of nitrogens with zero attached hydrogens (tertiary/aromatic N) is 2. The second-order valence-corrected chi connectivity index (χ2v) is 5.35. The first-order valence-electron chi connectivity index (χ1n) is 7.53. The Morgan fingerprint density at radius 1 is 1.08 bits per heavy atom. The van der Waals surface area contributed by atoms with Gasteiger partial charge in [-0.1, -0.05) is 24.3 Å². The van der Waals surface area contributed by atoms with Crippen LogP contribution in [0.2, 0.25) is 0 Å². The molecule has 2 heterocycles. The number of pyridine rings is 1. The molecular weight excluding hydrogens is 322 g/mol. The van der Waals surface area contributed by atoms with Crippen LogP contribution in [0.4, 0.5) is 0 Å². The highest BCUT2D eigenvalue weighted by Gasteiger charge is 2.16. The topological polar surface area (TPSA) is 90.3 Å². The largest absolute Gasteiger partial charge is 0.451 e. The lowest BCUT2D eigenvalue weighted by Gasteiger charge is -2.06. The number of fused-ring (bicyclic) bond motifs is 1. The molecule has 0 aliphatic rings. The summed E-state index contributed by atoms with van der Waals surface area (Å²) in [5.74, 6) is -2.00. The number of amides is 2. The van der Waals surface area contributed by atoms with Crippen LogP contribution in [0.25, 0.3) is 10.9 Å². The first-order valence-corrected chi connectivity index (χ1v) is 7.53. The maximum Gasteiger partial charge on any atom is 0.357 e. The summed E-state index contributed by atoms with van der Waals surface area (Å²) in [6.07, 6.45) is 1.69. The Hall–Kier alpha value is -3.48. The zero-order valence-corrected chi connectivity index (χ0v) is 13.4. The van der Waals surface area contributed by atoms with E-state index in [1.165, 1.54) is 6.07 Å². The number of ether oxygens (including phenoxy) is 1. The number of carbonyl (C=O) groups excluding carboxylic acids is 3. The number of benzene rings is 1. The molecule has 0 bridgehead atoms. The lowest BCUT2D eigenvalue weighted by Crippen LogP contribution is -2.35. The molecule has 0 saturated heterocycles. The SMILES string of the molecule is Cn1cccc1C(=O)NC(=O)COC(=O)c1ccc2ccccc2n1. The van der Waals surface area contributed by atoms with E-state index in [9.17, 15) is 14.4 Å². The van der Waals surface area contributed by atoms with E-state index < -0.39 is 24.4 Å². The fraction of sp³-hybridized carbons (Fsp3) is 0.111. The van der Waals surface area contributed by atoms with Crippen LogP contribution in [-0.2, 0) is 16.6 Å². The maximum atomic E-state index is 12.0. The third-order valence-corrected chi connectivity index (χ3v) is 3.57. The minimum absolute atomic E-state index is 0.0975. The highest BCUT2D eigenvalue weighted by molar-refractivity contribution is 6.04. The molecule has 3 aromatic rings. The van der Waals surface area contributed by atoms with Crippen molar-refractivity contribution in [1.29, 1.82) is 0 Å². The van der Waals surface area contributed by atoms with Gasteiger partial charge in [0.15, 0.2) is 6.61 Å². The Balaban J connectivity index is 1.58. The normalized spacial score (nSPS) is 10.4. The molecule has 2 amide bonds. The number of imide groups is 1. The first kappa shape index (κ1) is 16.4. The van der Waals surface area contributed by atoms with Crippen molar-refractivity contribution in [3.63, 3.8) is 0 Å². The van der Waals surface area contributed by atoms with E-state index in [0.717, 1.165) is 5.39 Å². The molecule has 0 unspecified atom stereocenters. The molecule has 7 heteroatoms. The van der Waals surface area contributed by atoms with Crippen LogP contribution >= 0.6 is 0 Å². The average molecular weight is 337 g/mol. The van der Waals surface area contributed by atoms with E-state index in [0.29, 0.717) is 11.2 Å². The number of para-hydroxylation sites is 1. The van der Waals surface area contributed by atoms with E-state index in [4.69, 9.17) is 4.74 Å². The molecule has 0 fully saturated rings. The summed E-state index contributed by atoms with van der Waals surface area (Å²) >= 11 is 0. The first-order chi connectivity index (χ1) is 12.0. The average Bonchev–Trinajstić information content (AvgIpc) is 3.05. The number of rotatable bonds is 4. The minimum atomic E-state index is -0.729. The number of carbonyl (C=O) groups is 3. The number of hydrogen-bond donors (Lipinski definition) is 1. The summed E-state index contributed by atoms with van der Waals surface area (Å²) < 4.78 is 6.49. The van der Waals surface area contributed by atoms with Crippen molar-refractivity contribution in [3.8, 4) is 0 Å². The highest BCUT2D eigenvalue weighted by Crippen LogP contribution is 2.12. The molecule has 3 rings (SSSR count). The Morgan fingerprint density at radius 2 is 1.88 bits per heavy atom. The Bertz CT molecular complexity index is 962. The second kappa shape index (κ2) is 6.96. The van der Waals surface area contributed by atoms with E-state index >= 15 is 0 Å². The number of aryl methyl sites for hydroxylation is 1. The van der Waals surface area contributed by atoms with E-state index in [-0.39, 0.29) is 5.69 Å². The summed E-state index contributed by atoms with van der Waals surface area (Å²) in [6.45, 7) is -0.566. The second-order valence-electron chi connectivity index (χ2n) is 5.35. The minimum Gasteiger partial charge on any atom is -0.451 e. The van der Waals surface area contributed by atoms with Crippen LogP contribution in [0.3, 0.4) is 0 Å². The zero-order chi connectivity index (χ0) is 17.8. The summed E-state index contributed by atoms with van der Waals surface area (Å²) in [4.78, 5) is 39.9. The number of nitrogens with one attached hydrogen (secondary N) is 1. The fourth-order valence-electron chi connectivity index (χ4n) is 2.31. The number of aromatic nitrogens is 2. The Morgan fingerprint density at radius 3 is 2.64 bits per heavy atom. The molecule has 0 spiro atoms. The summed E-state index contributed by atoms with van der Waals surface area (Å²) in [7, 11) is 1.69. The van der Waals surface area contributed by atoms with Crippen molar-refractivity contribution in [3.05, 3.63) is 66.1 Å². The van der Waals surface area contributed by atoms with Crippen LogP contribution in [-0.4, -0.2) is 33.9 Å². The number of esters is 1. The summed E-state index contributed by atoms with van der Waals surface area (Å²) in [5.41, 5.74) is 1.08. The van der Waals surface area contributed by atoms with Crippen molar-refractivity contribution in [1.82, 2.24) is 14.9 Å². The molecule has 7 nitrogen and oxygen atoms in total. The van der Waals surface area contributed by atoms with Crippen molar-refractivity contribution in [2.45, 2.75) is 0 Å². The van der Waals surface area contributed by atoms with Gasteiger partial charge >= 0.3 is 5.97 Å². The van der Waals surface area contributed by atoms with Crippen molar-refractivity contribution >= 4 is 28.7 Å². The van der Waals surface area contributed by atoms with Crippen LogP contribution in [0.1, 0.15) is 21.0 Å². The number of hydrogen-bond acceptors (Lipinski definition) is 5. The molecule has 0 saturated carbocycles. The molecule has 126 valence electrons. The monoisotopic (exact) mass is 337 g/mol. The molecule has 0 atom stereocenters. The van der Waals surface area contributed by atoms with Gasteiger partial charge in [-0.25, -0.2) is 9.78 Å². The predicted octanol–water partition coefficient (Wildman–Crippen LogP) is 1.69. The van der Waals surface area contributed by atoms with Crippen LogP contribution in [0.15, 0.2) is 54.7 Å². The molecule has 0 radical (unpaired) electrons. The quantitative estimate of drug-likeness (QED) is 0.732. The highest BCUT2D eigenvalue weighted by atomic mass is 16.5. The third-order valence-electron chi connectivity index (χ3n) is 3.57. The van der Waals surface area contributed by atoms with Crippen molar-refractivity contribution in [2.75, 3.05) is 6.61 Å². The van der Waals surface area contributed by atoms with Gasteiger partial charge in [-0.2, -0.15) is 0 Å². The predicted molar refractivity (Wildman–Crippen MR) is 89.9 cm³/mol. The van der Waals surface area contributed by atoms with Crippen LogP contribution in [0.5, 0.6) is 0 Å². The summed E-state index contributed by atoms with van der Waals surface area (Å²) in [6, 6.07) is 13.9. The van der Waals surface area contributed by atoms with Gasteiger partial charge in [0.05, 0.1) is 5.52 Å². The van der Waals surface area contributed by atoms with Gasteiger partial charge in [0.1, 0.15) is 11.4 Å². The van der Waals surface area contributed by atoms with Gasteiger partial charge in [-0.05, 0) is 24.3 Å². The standard InChI is InChI=1S/C18H15N3O4/c1-21-10-4-7-15(21)17(23)20-16(22)11-25-18(24)14-9-8-12-5-2-3-6-13(12)19-14/h2-10H,11H2,1H3,(H,20,22,23). The Kier molecular flexibility index (Phi) is 4.56. The van der Waals surface area contributed by atoms with Gasteiger partial charge in [-0.3, -0.25) is 14.9 Å². The lowest BCUT2D eigenvalue weighted by atomic mass is 10.2. The molecule has 2 aromatic heterocycles. The molecule has 1 aromatic carbocycles. The van der Waals surface area contributed by atoms with Gasteiger partial charge in [0.2, 0.25) is 0 Å². The molecule has 0 aliphatic heterocycles. The van der Waals surface area contributed by atoms with E-state index in [1.807, 2.05) is 18.2 Å². The van der Waals surface area contributed by atoms with Crippen molar-refractivity contribution in [2.24, 2.45) is 7.05 Å². The summed E-state index contributed by atoms with van der Waals surface area (Å²) in [5, 5.41) is 3.06. The van der Waals surface area contributed by atoms with Gasteiger partial charge in [0.25, 0.3) is 11.8 Å². The van der Waals surface area contributed by atoms with Gasteiger partial charge < -0.3 is 9.30 Å². The van der Waals surface area contributed by atoms with E-state index in [1.54, 1.807) is 42.1 Å². The van der Waals surface area contributed by atoms with E-state index in [2.05, 4.69) is 10.3 Å². The molecular formula is C18H15N3O4. The zero-order valence-electron chi connectivity index (χ0n) is 13.4. The molecule has 25 heavy (non-hydrogen) atoms. The molecule has 1 N–H and O–H groups in total. The van der Waals surface area contributed by atoms with Gasteiger partial charge in [-0.15, -0.1) is 0 Å². The Labute approximate surface area is 143 Å². The third kappa shape index (κ3) is 3.72.